The number of benzene rings is 6. The lowest BCUT2D eigenvalue weighted by Gasteiger charge is -2.51. The zero-order valence-corrected chi connectivity index (χ0v) is 33.4. The van der Waals surface area contributed by atoms with Crippen molar-refractivity contribution >= 4 is 34.1 Å². The molecule has 2 aliphatic heterocycles. The van der Waals surface area contributed by atoms with Gasteiger partial charge in [-0.2, -0.15) is 0 Å². The Kier molecular flexibility index (Phi) is 18.1. The largest absolute Gasteiger partial charge is 0.310 e. The van der Waals surface area contributed by atoms with Gasteiger partial charge in [-0.1, -0.05) is 192 Å². The molecule has 0 radical (unpaired) electrons. The monoisotopic (exact) mass is 678 g/mol. The zero-order valence-electron chi connectivity index (χ0n) is 33.4. The Morgan fingerprint density at radius 2 is 0.451 bits per heavy atom. The lowest BCUT2D eigenvalue weighted by Crippen LogP contribution is -2.41. The topological polar surface area (TPSA) is 6.48 Å². The Balaban J connectivity index is 0.000000686. The lowest BCUT2D eigenvalue weighted by molar-refractivity contribution is 0.719. The van der Waals surface area contributed by atoms with Crippen LogP contribution in [0, 0.1) is 0 Å². The first-order chi connectivity index (χ1) is 25.4. The van der Waals surface area contributed by atoms with Crippen LogP contribution in [0.2, 0.25) is 0 Å². The number of rotatable bonds is 2. The molecule has 0 atom stereocenters. The molecule has 0 amide bonds. The summed E-state index contributed by atoms with van der Waals surface area (Å²) in [6.45, 7) is 24.0. The van der Waals surface area contributed by atoms with Crippen molar-refractivity contribution in [3.8, 4) is 0 Å². The molecule has 0 saturated carbocycles. The molecule has 0 N–H and O–H groups in total. The van der Waals surface area contributed by atoms with Gasteiger partial charge in [-0.15, -0.1) is 0 Å². The Morgan fingerprint density at radius 1 is 0.255 bits per heavy atom. The Labute approximate surface area is 311 Å². The SMILES string of the molecule is CC.CC.CC.CC.CC.CC.c1ccc(N2c3ccccc3C3(c4ccccc42)c2ccccc2N(c2ccccc2)c2ccccc23)cc1. The number of para-hydroxylation sites is 6. The van der Waals surface area contributed by atoms with Crippen LogP contribution in [0.1, 0.15) is 105 Å². The molecule has 0 fully saturated rings. The quantitative estimate of drug-likeness (QED) is 0.180. The van der Waals surface area contributed by atoms with E-state index in [1.807, 2.05) is 83.1 Å². The average Bonchev–Trinajstić information content (AvgIpc) is 3.26. The van der Waals surface area contributed by atoms with E-state index < -0.39 is 5.41 Å². The smallest absolute Gasteiger partial charge is 0.0782 e. The molecular weight excluding hydrogens is 617 g/mol. The summed E-state index contributed by atoms with van der Waals surface area (Å²) in [6, 6.07) is 57.2. The highest BCUT2D eigenvalue weighted by molar-refractivity contribution is 5.96. The zero-order chi connectivity index (χ0) is 37.8. The predicted molar refractivity (Wildman–Crippen MR) is 229 cm³/mol. The molecule has 2 heterocycles. The van der Waals surface area contributed by atoms with Gasteiger partial charge in [0, 0.05) is 11.4 Å². The normalized spacial score (nSPS) is 11.6. The first kappa shape index (κ1) is 42.1. The molecule has 268 valence electrons. The van der Waals surface area contributed by atoms with Crippen molar-refractivity contribution in [2.24, 2.45) is 0 Å². The molecule has 51 heavy (non-hydrogen) atoms. The van der Waals surface area contributed by atoms with E-state index in [-0.39, 0.29) is 0 Å². The van der Waals surface area contributed by atoms with Crippen LogP contribution in [0.25, 0.3) is 0 Å². The van der Waals surface area contributed by atoms with Gasteiger partial charge in [-0.25, -0.2) is 0 Å². The molecular formula is C49H62N2. The van der Waals surface area contributed by atoms with Crippen LogP contribution >= 0.6 is 0 Å². The first-order valence-corrected chi connectivity index (χ1v) is 19.5. The van der Waals surface area contributed by atoms with Crippen molar-refractivity contribution in [3.05, 3.63) is 180 Å². The van der Waals surface area contributed by atoms with E-state index in [0.717, 1.165) is 11.4 Å². The molecule has 0 bridgehead atoms. The van der Waals surface area contributed by atoms with Gasteiger partial charge < -0.3 is 9.80 Å². The van der Waals surface area contributed by atoms with Gasteiger partial charge in [0.15, 0.2) is 0 Å². The minimum atomic E-state index is -0.475. The summed E-state index contributed by atoms with van der Waals surface area (Å²) in [4.78, 5) is 4.84. The molecule has 2 aliphatic rings. The van der Waals surface area contributed by atoms with E-state index >= 15 is 0 Å². The maximum absolute atomic E-state index is 2.42. The predicted octanol–water partition coefficient (Wildman–Crippen LogP) is 15.8. The van der Waals surface area contributed by atoms with Crippen LogP contribution in [-0.4, -0.2) is 0 Å². The molecule has 1 spiro atoms. The Hall–Kier alpha value is -5.08. The molecule has 8 rings (SSSR count). The third kappa shape index (κ3) is 7.81. The van der Waals surface area contributed by atoms with Crippen molar-refractivity contribution in [1.82, 2.24) is 0 Å². The summed E-state index contributed by atoms with van der Waals surface area (Å²) in [5.74, 6) is 0. The third-order valence-corrected chi connectivity index (χ3v) is 8.22. The van der Waals surface area contributed by atoms with E-state index in [0.29, 0.717) is 0 Å². The highest BCUT2D eigenvalue weighted by Gasteiger charge is 2.51. The second-order valence-electron chi connectivity index (χ2n) is 10.2. The van der Waals surface area contributed by atoms with Crippen LogP contribution in [0.15, 0.2) is 158 Å². The number of hydrogen-bond donors (Lipinski definition) is 0. The second-order valence-corrected chi connectivity index (χ2v) is 10.2. The number of fused-ring (bicyclic) bond motifs is 8. The third-order valence-electron chi connectivity index (χ3n) is 8.22. The van der Waals surface area contributed by atoms with Crippen molar-refractivity contribution in [2.75, 3.05) is 9.80 Å². The van der Waals surface area contributed by atoms with E-state index in [1.54, 1.807) is 0 Å². The fraction of sp³-hybridized carbons (Fsp3) is 0.265. The Bertz CT molecular complexity index is 1590. The summed E-state index contributed by atoms with van der Waals surface area (Å²) in [6.07, 6.45) is 0. The summed E-state index contributed by atoms with van der Waals surface area (Å²) in [5, 5.41) is 0. The lowest BCUT2D eigenvalue weighted by atomic mass is 9.60. The van der Waals surface area contributed by atoms with E-state index in [4.69, 9.17) is 0 Å². The highest BCUT2D eigenvalue weighted by Crippen LogP contribution is 2.63. The Morgan fingerprint density at radius 3 is 0.686 bits per heavy atom. The van der Waals surface area contributed by atoms with Crippen LogP contribution in [0.3, 0.4) is 0 Å². The van der Waals surface area contributed by atoms with Gasteiger partial charge in [0.25, 0.3) is 0 Å². The summed E-state index contributed by atoms with van der Waals surface area (Å²) >= 11 is 0. The summed E-state index contributed by atoms with van der Waals surface area (Å²) in [5.41, 5.74) is 11.9. The van der Waals surface area contributed by atoms with Gasteiger partial charge in [0.2, 0.25) is 0 Å². The first-order valence-electron chi connectivity index (χ1n) is 19.5. The summed E-state index contributed by atoms with van der Waals surface area (Å²) < 4.78 is 0. The van der Waals surface area contributed by atoms with E-state index in [1.165, 1.54) is 45.0 Å². The van der Waals surface area contributed by atoms with Gasteiger partial charge in [0.05, 0.1) is 28.2 Å². The van der Waals surface area contributed by atoms with Crippen molar-refractivity contribution < 1.29 is 0 Å². The van der Waals surface area contributed by atoms with Gasteiger partial charge in [0.1, 0.15) is 0 Å². The summed E-state index contributed by atoms with van der Waals surface area (Å²) in [7, 11) is 0. The van der Waals surface area contributed by atoms with Crippen molar-refractivity contribution in [3.63, 3.8) is 0 Å². The maximum Gasteiger partial charge on any atom is 0.0782 e. The number of hydrogen-bond acceptors (Lipinski definition) is 2. The van der Waals surface area contributed by atoms with Crippen LogP contribution in [-0.2, 0) is 5.41 Å². The minimum Gasteiger partial charge on any atom is -0.310 e. The molecule has 0 aliphatic carbocycles. The molecule has 0 saturated heterocycles. The van der Waals surface area contributed by atoms with Crippen molar-refractivity contribution in [2.45, 2.75) is 88.5 Å². The van der Waals surface area contributed by atoms with Crippen LogP contribution in [0.4, 0.5) is 34.1 Å². The number of anilines is 6. The standard InChI is InChI=1S/C37H26N2.6C2H6/c1-3-15-27(16-4-1)38-33-23-11-7-19-29(33)37(30-20-8-12-24-34(30)38)31-21-9-13-25-35(31)39(28-17-5-2-6-18-28)36-26-14-10-22-32(36)37;6*1-2/h1-26H;6*1-2H3. The minimum absolute atomic E-state index is 0.475. The molecule has 2 nitrogen and oxygen atoms in total. The van der Waals surface area contributed by atoms with Crippen LogP contribution in [0.5, 0.6) is 0 Å². The fourth-order valence-corrected chi connectivity index (χ4v) is 6.78. The van der Waals surface area contributed by atoms with Crippen LogP contribution < -0.4 is 9.80 Å². The second kappa shape index (κ2) is 21.9. The molecule has 0 aromatic heterocycles. The highest BCUT2D eigenvalue weighted by atomic mass is 15.2. The average molecular weight is 679 g/mol. The molecule has 6 aromatic carbocycles. The van der Waals surface area contributed by atoms with Gasteiger partial charge >= 0.3 is 0 Å². The maximum atomic E-state index is 2.42. The van der Waals surface area contributed by atoms with E-state index in [2.05, 4.69) is 168 Å². The molecule has 6 aromatic rings. The van der Waals surface area contributed by atoms with E-state index in [9.17, 15) is 0 Å². The molecule has 2 heteroatoms. The number of nitrogens with zero attached hydrogens (tertiary/aromatic N) is 2. The van der Waals surface area contributed by atoms with Gasteiger partial charge in [-0.3, -0.25) is 0 Å². The van der Waals surface area contributed by atoms with Gasteiger partial charge in [-0.05, 0) is 70.8 Å². The fourth-order valence-electron chi connectivity index (χ4n) is 6.78. The molecule has 0 unspecified atom stereocenters. The van der Waals surface area contributed by atoms with Crippen molar-refractivity contribution in [1.29, 1.82) is 0 Å².